The highest BCUT2D eigenvalue weighted by Crippen LogP contribution is 2.23. The van der Waals surface area contributed by atoms with E-state index in [0.717, 1.165) is 4.90 Å². The van der Waals surface area contributed by atoms with E-state index in [1.807, 2.05) is 63.1 Å². The molecule has 0 spiro atoms. The molecule has 9 N–H and O–H groups in total. The Morgan fingerprint density at radius 3 is 1.07 bits per heavy atom. The zero-order chi connectivity index (χ0) is 91.2. The van der Waals surface area contributed by atoms with Gasteiger partial charge in [-0.25, -0.2) is 35.0 Å². The molecule has 0 saturated carbocycles. The minimum Gasteiger partial charge on any atom is -0.748 e. The number of carbonyl (C=O) groups excluding carboxylic acids is 14. The number of hydrogen-bond donors (Lipinski definition) is 9. The highest BCUT2D eigenvalue weighted by molar-refractivity contribution is 7.86. The summed E-state index contributed by atoms with van der Waals surface area (Å²) in [5.41, 5.74) is -2.24. The first kappa shape index (κ1) is 111. The van der Waals surface area contributed by atoms with E-state index in [2.05, 4.69) is 70.2 Å². The van der Waals surface area contributed by atoms with Crippen LogP contribution in [0.4, 0.5) is 0 Å². The summed E-state index contributed by atoms with van der Waals surface area (Å²) in [6, 6.07) is -3.35. The second kappa shape index (κ2) is 54.4. The largest absolute Gasteiger partial charge is 0.748 e. The van der Waals surface area contributed by atoms with E-state index < -0.39 is 153 Å². The molecule has 2 aliphatic heterocycles. The molecule has 0 aromatic heterocycles. The Hall–Kier alpha value is -7.99. The smallest absolute Gasteiger partial charge is 0.335 e. The molecular formula is C73H129N15O27S4. The zero-order valence-electron chi connectivity index (χ0n) is 71.5. The van der Waals surface area contributed by atoms with Crippen LogP contribution >= 0.6 is 12.2 Å². The van der Waals surface area contributed by atoms with Crippen molar-refractivity contribution in [2.75, 3.05) is 191 Å². The molecule has 682 valence electrons. The van der Waals surface area contributed by atoms with Crippen molar-refractivity contribution in [2.24, 2.45) is 21.2 Å². The number of thiocarbonyl (C=S) groups is 1. The summed E-state index contributed by atoms with van der Waals surface area (Å²) in [5.74, 6) is -8.32. The lowest BCUT2D eigenvalue weighted by Crippen LogP contribution is -2.54. The van der Waals surface area contributed by atoms with Crippen LogP contribution < -0.4 is 47.9 Å². The lowest BCUT2D eigenvalue weighted by Gasteiger charge is -2.30. The van der Waals surface area contributed by atoms with Crippen LogP contribution in [0.25, 0.3) is 0 Å². The first-order valence-electron chi connectivity index (χ1n) is 39.2. The zero-order valence-corrected chi connectivity index (χ0v) is 74.7. The Kier molecular flexibility index (Phi) is 50.8. The Bertz CT molecular complexity index is 3780. The first-order chi connectivity index (χ1) is 55.0. The van der Waals surface area contributed by atoms with E-state index in [1.165, 1.54) is 12.2 Å². The molecule has 3 unspecified atom stereocenters. The lowest BCUT2D eigenvalue weighted by molar-refractivity contribution is -0.889. The number of quaternary nitrogens is 3. The van der Waals surface area contributed by atoms with E-state index in [9.17, 15) is 106 Å². The molecule has 2 heterocycles. The molecule has 0 aromatic carbocycles. The Balaban J connectivity index is 0.00000176. The number of isothiocyanates is 1. The number of rotatable bonds is 58. The molecule has 3 atom stereocenters. The SMILES string of the molecule is CCC(C)(C)C(=O)NC(CC(=O)NCCOCCC(=O)ON1C(=O)CCC1=O)C(=O)NCC[N+](C)(C)CCCS(=O)(=O)[O-].CCC(C)(C)C(=O)NC(CC(=O)NCCOCCN1C(=O)C=CC1=O)C(=O)NCC[N+](C)(C)CCCS(=O)(=O)[O-].CCC(C)(C)C(=O)NC(CC(=O)NCCOCCN=C=S)C(=O)NCC[N+](C)(C)CCCS(=O)(=O)[O-]. The Labute approximate surface area is 705 Å². The molecule has 2 rings (SSSR count). The third kappa shape index (κ3) is 52.1. The van der Waals surface area contributed by atoms with Gasteiger partial charge in [-0.05, 0) is 31.5 Å². The summed E-state index contributed by atoms with van der Waals surface area (Å²) in [6.45, 7) is 20.7. The Morgan fingerprint density at radius 2 is 0.773 bits per heavy atom. The van der Waals surface area contributed by atoms with Crippen molar-refractivity contribution in [3.05, 3.63) is 12.2 Å². The van der Waals surface area contributed by atoms with E-state index in [0.29, 0.717) is 90.2 Å². The molecule has 1 fully saturated rings. The topological polar surface area (TPSA) is 575 Å². The van der Waals surface area contributed by atoms with Crippen LogP contribution in [0.5, 0.6) is 0 Å². The number of hydrogen-bond acceptors (Lipinski definition) is 29. The van der Waals surface area contributed by atoms with Gasteiger partial charge in [0, 0.05) is 97.4 Å². The number of nitrogens with zero attached hydrogens (tertiary/aromatic N) is 6. The fourth-order valence-corrected chi connectivity index (χ4v) is 11.7. The number of ether oxygens (including phenoxy) is 3. The number of aliphatic imine (C=N–C) groups is 1. The molecule has 42 nitrogen and oxygen atoms in total. The molecule has 1 saturated heterocycles. The van der Waals surface area contributed by atoms with Crippen molar-refractivity contribution >= 4 is 130 Å². The summed E-state index contributed by atoms with van der Waals surface area (Å²) in [4.78, 5) is 182. The van der Waals surface area contributed by atoms with Crippen molar-refractivity contribution in [3.8, 4) is 0 Å². The number of imide groups is 2. The summed E-state index contributed by atoms with van der Waals surface area (Å²) >= 11 is 4.46. The quantitative estimate of drug-likeness (QED) is 0.00719. The predicted octanol–water partition coefficient (Wildman–Crippen LogP) is -3.30. The van der Waals surface area contributed by atoms with Gasteiger partial charge in [-0.3, -0.25) is 67.2 Å². The van der Waals surface area contributed by atoms with Gasteiger partial charge >= 0.3 is 5.97 Å². The number of hydroxylamine groups is 2. The highest BCUT2D eigenvalue weighted by atomic mass is 32.2. The van der Waals surface area contributed by atoms with Crippen LogP contribution in [-0.2, 0) is 117 Å². The summed E-state index contributed by atoms with van der Waals surface area (Å²) < 4.78 is 114. The predicted molar refractivity (Wildman–Crippen MR) is 433 cm³/mol. The van der Waals surface area contributed by atoms with Gasteiger partial charge in [0.1, 0.15) is 18.1 Å². The van der Waals surface area contributed by atoms with Crippen LogP contribution in [0.15, 0.2) is 17.1 Å². The van der Waals surface area contributed by atoms with Gasteiger partial charge in [0.05, 0.1) is 215 Å². The van der Waals surface area contributed by atoms with E-state index >= 15 is 0 Å². The maximum atomic E-state index is 13.0. The monoisotopic (exact) mass is 1780 g/mol. The van der Waals surface area contributed by atoms with E-state index in [4.69, 9.17) is 19.0 Å². The Morgan fingerprint density at radius 1 is 0.471 bits per heavy atom. The first-order valence-corrected chi connectivity index (χ1v) is 44.3. The fraction of sp³-hybridized carbons (Fsp3) is 0.767. The van der Waals surface area contributed by atoms with Gasteiger partial charge in [0.25, 0.3) is 23.6 Å². The molecule has 0 aliphatic carbocycles. The summed E-state index contributed by atoms with van der Waals surface area (Å²) in [6.07, 6.45) is 3.36. The molecule has 0 aromatic rings. The van der Waals surface area contributed by atoms with Gasteiger partial charge in [0.15, 0.2) is 0 Å². The van der Waals surface area contributed by atoms with E-state index in [1.54, 1.807) is 41.5 Å². The molecule has 2 aliphatic rings. The third-order valence-corrected chi connectivity index (χ3v) is 21.7. The fourth-order valence-electron chi connectivity index (χ4n) is 10.1. The van der Waals surface area contributed by atoms with Crippen LogP contribution in [0, 0.1) is 16.2 Å². The van der Waals surface area contributed by atoms with E-state index in [-0.39, 0.29) is 148 Å². The normalized spacial score (nSPS) is 14.2. The molecule has 13 amide bonds. The molecule has 0 radical (unpaired) electrons. The number of nitrogens with one attached hydrogen (secondary N) is 9. The minimum absolute atomic E-state index is 0.0113. The van der Waals surface area contributed by atoms with Gasteiger partial charge in [-0.1, -0.05) is 62.3 Å². The lowest BCUT2D eigenvalue weighted by atomic mass is 9.89. The minimum atomic E-state index is -4.31. The maximum Gasteiger partial charge on any atom is 0.335 e. The number of amides is 13. The molecule has 0 bridgehead atoms. The van der Waals surface area contributed by atoms with Crippen LogP contribution in [-0.4, -0.2) is 359 Å². The van der Waals surface area contributed by atoms with Gasteiger partial charge in [0.2, 0.25) is 53.2 Å². The van der Waals surface area contributed by atoms with Crippen molar-refractivity contribution in [1.82, 2.24) is 57.8 Å². The summed E-state index contributed by atoms with van der Waals surface area (Å²) in [7, 11) is -1.86. The van der Waals surface area contributed by atoms with Crippen LogP contribution in [0.2, 0.25) is 0 Å². The number of likely N-dealkylation sites (N-methyl/N-ethyl adjacent to an activating group) is 3. The number of carbonyl (C=O) groups is 14. The van der Waals surface area contributed by atoms with Gasteiger partial charge in [-0.15, -0.1) is 5.06 Å². The molecule has 46 heteroatoms. The van der Waals surface area contributed by atoms with Crippen molar-refractivity contribution in [1.29, 1.82) is 0 Å². The average Bonchev–Trinajstić information content (AvgIpc) is 1.82. The molecular weight excluding hydrogens is 1650 g/mol. The van der Waals surface area contributed by atoms with Crippen molar-refractivity contribution < 1.29 is 139 Å². The average molecular weight is 1780 g/mol. The molecule has 119 heavy (non-hydrogen) atoms. The second-order valence-corrected chi connectivity index (χ2v) is 36.8. The second-order valence-electron chi connectivity index (χ2n) is 32.1. The van der Waals surface area contributed by atoms with Gasteiger partial charge < -0.3 is 94.0 Å². The van der Waals surface area contributed by atoms with Crippen LogP contribution in [0.1, 0.15) is 139 Å². The van der Waals surface area contributed by atoms with Crippen molar-refractivity contribution in [3.63, 3.8) is 0 Å². The van der Waals surface area contributed by atoms with Gasteiger partial charge in [-0.2, -0.15) is 0 Å². The summed E-state index contributed by atoms with van der Waals surface area (Å²) in [5, 5.41) is 26.7. The standard InChI is InChI=1S/C26H45N5O11S.C25H43N5O9S.C22H41N5O7S2/c1-6-26(2,3)25(37)29-19(24(36)28-11-14-31(4,5)13-7-17-43(38,39)40)18-20(32)27-12-16-41-15-10-23(35)42-30-21(33)8-9-22(30)34;1-6-25(2,3)24(35)28-19(23(34)27-10-14-30(4,5)13-7-17-40(36,37)38)18-20(31)26-11-15-39-16-12-29-21(32)8-9-22(29)33;1-6-22(2,3)21(30)26-18(16-19(28)24-10-14-34-13-9-23-17-35)20(29)25-8-12-27(4,5)11-7-15-36(31,32)33/h19H,6-18H2,1-5H3,(H3-,27,28,29,32,36,37,38,39,40);8-9,19H,6-7,10-18H2,1-5H3,(H3-,26,27,28,31,34,35,36,37,38);18H,6-16H2,1-5H3,(H3-,24,25,26,28,29,30,31,32,33). The van der Waals surface area contributed by atoms with Crippen LogP contribution in [0.3, 0.4) is 0 Å². The highest BCUT2D eigenvalue weighted by Gasteiger charge is 2.37. The maximum absolute atomic E-state index is 13.0. The third-order valence-electron chi connectivity index (χ3n) is 19.2. The van der Waals surface area contributed by atoms with Crippen molar-refractivity contribution in [2.45, 2.75) is 157 Å².